The van der Waals surface area contributed by atoms with Gasteiger partial charge >= 0.3 is 0 Å². The highest BCUT2D eigenvalue weighted by molar-refractivity contribution is 9.25. The number of carbonyl (C=O) groups is 1. The zero-order valence-electron chi connectivity index (χ0n) is 11.6. The average Bonchev–Trinajstić information content (AvgIpc) is 2.63. The van der Waals surface area contributed by atoms with Gasteiger partial charge in [-0.3, -0.25) is 4.79 Å². The molecule has 0 unspecified atom stereocenters. The minimum absolute atomic E-state index is 0.186. The number of rotatable bonds is 2. The minimum atomic E-state index is -0.294. The SMILES string of the molecule is C[C@@H]1C[C@H](NC(=O)[C@]2(C)CC2(Br)Br)CC(C)(C)C1. The number of carbonyl (C=O) groups excluding carboxylic acids is 1. The summed E-state index contributed by atoms with van der Waals surface area (Å²) >= 11 is 7.13. The summed E-state index contributed by atoms with van der Waals surface area (Å²) in [5.74, 6) is 0.884. The Hall–Kier alpha value is 0.430. The van der Waals surface area contributed by atoms with Gasteiger partial charge in [-0.1, -0.05) is 52.6 Å². The predicted octanol–water partition coefficient (Wildman–Crippen LogP) is 4.21. The molecule has 3 atom stereocenters. The van der Waals surface area contributed by atoms with Crippen LogP contribution in [0.4, 0.5) is 0 Å². The molecular weight excluding hydrogens is 358 g/mol. The third-order valence-electron chi connectivity index (χ3n) is 4.48. The average molecular weight is 381 g/mol. The summed E-state index contributed by atoms with van der Waals surface area (Å²) < 4.78 is -0.188. The van der Waals surface area contributed by atoms with E-state index in [1.54, 1.807) is 0 Å². The molecule has 2 rings (SSSR count). The molecule has 0 aromatic heterocycles. The van der Waals surface area contributed by atoms with E-state index in [1.165, 1.54) is 6.42 Å². The van der Waals surface area contributed by atoms with E-state index in [0.717, 1.165) is 19.3 Å². The molecule has 2 nitrogen and oxygen atoms in total. The van der Waals surface area contributed by atoms with E-state index in [-0.39, 0.29) is 14.6 Å². The van der Waals surface area contributed by atoms with Crippen molar-refractivity contribution in [3.05, 3.63) is 0 Å². The van der Waals surface area contributed by atoms with Crippen LogP contribution < -0.4 is 5.32 Å². The fraction of sp³-hybridized carbons (Fsp3) is 0.929. The Kier molecular flexibility index (Phi) is 3.69. The van der Waals surface area contributed by atoms with Crippen molar-refractivity contribution in [1.82, 2.24) is 5.32 Å². The first-order chi connectivity index (χ1) is 8.06. The van der Waals surface area contributed by atoms with Crippen molar-refractivity contribution in [3.63, 3.8) is 0 Å². The van der Waals surface area contributed by atoms with Gasteiger partial charge in [0.1, 0.15) is 0 Å². The first-order valence-electron chi connectivity index (χ1n) is 6.75. The predicted molar refractivity (Wildman–Crippen MR) is 82.0 cm³/mol. The van der Waals surface area contributed by atoms with E-state index >= 15 is 0 Å². The lowest BCUT2D eigenvalue weighted by Crippen LogP contribution is -2.46. The Balaban J connectivity index is 1.96. The van der Waals surface area contributed by atoms with Crippen LogP contribution in [0.2, 0.25) is 0 Å². The van der Waals surface area contributed by atoms with Gasteiger partial charge in [0.15, 0.2) is 0 Å². The van der Waals surface area contributed by atoms with E-state index in [1.807, 2.05) is 6.92 Å². The lowest BCUT2D eigenvalue weighted by atomic mass is 9.70. The molecule has 1 amide bonds. The second-order valence-corrected chi connectivity index (χ2v) is 11.1. The highest BCUT2D eigenvalue weighted by Gasteiger charge is 2.66. The quantitative estimate of drug-likeness (QED) is 0.714. The molecule has 0 bridgehead atoms. The topological polar surface area (TPSA) is 29.1 Å². The largest absolute Gasteiger partial charge is 0.353 e. The summed E-state index contributed by atoms with van der Waals surface area (Å²) in [6.07, 6.45) is 4.33. The molecule has 1 N–H and O–H groups in total. The van der Waals surface area contributed by atoms with Gasteiger partial charge in [-0.05, 0) is 43.9 Å². The van der Waals surface area contributed by atoms with Crippen LogP contribution in [0.3, 0.4) is 0 Å². The molecule has 18 heavy (non-hydrogen) atoms. The normalized spacial score (nSPS) is 41.2. The summed E-state index contributed by atoms with van der Waals surface area (Å²) in [5.41, 5.74) is 0.0534. The summed E-state index contributed by atoms with van der Waals surface area (Å²) in [4.78, 5) is 12.4. The van der Waals surface area contributed by atoms with Crippen LogP contribution in [-0.2, 0) is 4.79 Å². The number of amides is 1. The third kappa shape index (κ3) is 2.79. The molecule has 0 aliphatic heterocycles. The number of nitrogens with one attached hydrogen (secondary N) is 1. The lowest BCUT2D eigenvalue weighted by molar-refractivity contribution is -0.127. The zero-order chi connectivity index (χ0) is 13.8. The first kappa shape index (κ1) is 14.8. The Morgan fingerprint density at radius 2 is 1.78 bits per heavy atom. The van der Waals surface area contributed by atoms with Gasteiger partial charge in [-0.25, -0.2) is 0 Å². The molecular formula is C14H23Br2NO. The summed E-state index contributed by atoms with van der Waals surface area (Å²) in [6.45, 7) is 8.92. The van der Waals surface area contributed by atoms with E-state index in [9.17, 15) is 4.79 Å². The second-order valence-electron chi connectivity index (χ2n) is 7.30. The van der Waals surface area contributed by atoms with Crippen molar-refractivity contribution in [2.24, 2.45) is 16.7 Å². The number of halogens is 2. The van der Waals surface area contributed by atoms with Gasteiger partial charge in [-0.2, -0.15) is 0 Å². The van der Waals surface area contributed by atoms with E-state index in [4.69, 9.17) is 0 Å². The van der Waals surface area contributed by atoms with Crippen LogP contribution in [0.1, 0.15) is 53.4 Å². The van der Waals surface area contributed by atoms with Crippen molar-refractivity contribution < 1.29 is 4.79 Å². The fourth-order valence-electron chi connectivity index (χ4n) is 3.45. The van der Waals surface area contributed by atoms with Crippen molar-refractivity contribution in [2.45, 2.75) is 62.7 Å². The van der Waals surface area contributed by atoms with E-state index in [0.29, 0.717) is 17.4 Å². The summed E-state index contributed by atoms with van der Waals surface area (Å²) in [6, 6.07) is 0.337. The Morgan fingerprint density at radius 1 is 1.22 bits per heavy atom. The smallest absolute Gasteiger partial charge is 0.228 e. The standard InChI is InChI=1S/C14H23Br2NO/c1-9-5-10(7-12(2,3)6-9)17-11(18)13(4)8-14(13,15)16/h9-10H,5-8H2,1-4H3,(H,17,18)/t9-,10+,13+/m1/s1. The van der Waals surface area contributed by atoms with Gasteiger partial charge in [0, 0.05) is 6.04 Å². The van der Waals surface area contributed by atoms with Crippen molar-refractivity contribution in [2.75, 3.05) is 0 Å². The zero-order valence-corrected chi connectivity index (χ0v) is 14.8. The molecule has 0 heterocycles. The Labute approximate surface area is 127 Å². The van der Waals surface area contributed by atoms with Crippen molar-refractivity contribution >= 4 is 37.8 Å². The maximum atomic E-state index is 12.4. The molecule has 104 valence electrons. The number of hydrogen-bond donors (Lipinski definition) is 1. The highest BCUT2D eigenvalue weighted by Crippen LogP contribution is 2.66. The Bertz CT molecular complexity index is 367. The lowest BCUT2D eigenvalue weighted by Gasteiger charge is -2.39. The Morgan fingerprint density at radius 3 is 2.22 bits per heavy atom. The van der Waals surface area contributed by atoms with Crippen molar-refractivity contribution in [3.8, 4) is 0 Å². The highest BCUT2D eigenvalue weighted by atomic mass is 79.9. The molecule has 2 aliphatic carbocycles. The van der Waals surface area contributed by atoms with Crippen LogP contribution in [0.15, 0.2) is 0 Å². The third-order valence-corrected chi connectivity index (χ3v) is 6.79. The molecule has 2 aliphatic rings. The second kappa shape index (κ2) is 4.47. The van der Waals surface area contributed by atoms with Gasteiger partial charge in [0.2, 0.25) is 5.91 Å². The molecule has 0 saturated heterocycles. The summed E-state index contributed by atoms with van der Waals surface area (Å²) in [7, 11) is 0. The van der Waals surface area contributed by atoms with Gasteiger partial charge in [0.25, 0.3) is 0 Å². The maximum absolute atomic E-state index is 12.4. The minimum Gasteiger partial charge on any atom is -0.353 e. The van der Waals surface area contributed by atoms with Crippen LogP contribution in [-0.4, -0.2) is 15.2 Å². The van der Waals surface area contributed by atoms with E-state index in [2.05, 4.69) is 57.9 Å². The molecule has 4 heteroatoms. The van der Waals surface area contributed by atoms with Crippen LogP contribution in [0.5, 0.6) is 0 Å². The van der Waals surface area contributed by atoms with Crippen LogP contribution >= 0.6 is 31.9 Å². The number of alkyl halides is 2. The molecule has 0 aromatic rings. The first-order valence-corrected chi connectivity index (χ1v) is 8.33. The van der Waals surface area contributed by atoms with Crippen LogP contribution in [0, 0.1) is 16.7 Å². The van der Waals surface area contributed by atoms with Gasteiger partial charge < -0.3 is 5.32 Å². The number of hydrogen-bond acceptors (Lipinski definition) is 1. The van der Waals surface area contributed by atoms with Gasteiger partial charge in [0.05, 0.1) is 8.65 Å². The van der Waals surface area contributed by atoms with Crippen molar-refractivity contribution in [1.29, 1.82) is 0 Å². The summed E-state index contributed by atoms with van der Waals surface area (Å²) in [5, 5.41) is 3.26. The molecule has 2 fully saturated rings. The molecule has 2 saturated carbocycles. The van der Waals surface area contributed by atoms with E-state index < -0.39 is 0 Å². The fourth-order valence-corrected chi connectivity index (χ4v) is 4.93. The molecule has 0 radical (unpaired) electrons. The maximum Gasteiger partial charge on any atom is 0.228 e. The van der Waals surface area contributed by atoms with Gasteiger partial charge in [-0.15, -0.1) is 0 Å². The van der Waals surface area contributed by atoms with Crippen LogP contribution in [0.25, 0.3) is 0 Å². The monoisotopic (exact) mass is 379 g/mol. The molecule has 0 aromatic carbocycles. The molecule has 0 spiro atoms.